The Morgan fingerprint density at radius 3 is 2.45 bits per heavy atom. The van der Waals surface area contributed by atoms with Crippen LogP contribution in [0.4, 0.5) is 5.69 Å². The van der Waals surface area contributed by atoms with E-state index in [0.29, 0.717) is 6.04 Å². The fourth-order valence-corrected chi connectivity index (χ4v) is 4.59. The van der Waals surface area contributed by atoms with Gasteiger partial charge in [0.2, 0.25) is 0 Å². The average molecular weight is 446 g/mol. The summed E-state index contributed by atoms with van der Waals surface area (Å²) in [6.45, 7) is 4.94. The summed E-state index contributed by atoms with van der Waals surface area (Å²) in [5, 5.41) is 10.4. The van der Waals surface area contributed by atoms with Crippen LogP contribution in [-0.4, -0.2) is 57.9 Å². The number of hydrogen-bond donors (Lipinski definition) is 2. The number of aromatic nitrogens is 1. The number of aryl methyl sites for hydroxylation is 2. The number of ether oxygens (including phenoxy) is 2. The van der Waals surface area contributed by atoms with Gasteiger partial charge in [-0.2, -0.15) is 0 Å². The lowest BCUT2D eigenvalue weighted by Crippen LogP contribution is -2.48. The van der Waals surface area contributed by atoms with Crippen LogP contribution in [0.25, 0.3) is 0 Å². The predicted octanol–water partition coefficient (Wildman–Crippen LogP) is 3.63. The topological polar surface area (TPSA) is 71.0 Å². The molecule has 8 heteroatoms. The normalized spacial score (nSPS) is 15.1. The first-order valence-corrected chi connectivity index (χ1v) is 11.9. The number of unbranched alkanes of at least 4 members (excludes halogenated alkanes) is 1. The van der Waals surface area contributed by atoms with Crippen molar-refractivity contribution < 1.29 is 9.47 Å². The van der Waals surface area contributed by atoms with Gasteiger partial charge in [-0.1, -0.05) is 0 Å². The fraction of sp³-hybridized carbons (Fsp3) is 0.565. The molecular formula is C23H35N5O2S. The van der Waals surface area contributed by atoms with Gasteiger partial charge in [0.15, 0.2) is 5.96 Å². The van der Waals surface area contributed by atoms with Crippen molar-refractivity contribution in [2.75, 3.05) is 45.8 Å². The van der Waals surface area contributed by atoms with E-state index in [1.165, 1.54) is 5.01 Å². The lowest BCUT2D eigenvalue weighted by atomic mass is 10.0. The first kappa shape index (κ1) is 23.2. The van der Waals surface area contributed by atoms with Crippen molar-refractivity contribution in [2.24, 2.45) is 4.99 Å². The maximum Gasteiger partial charge on any atom is 0.191 e. The Kier molecular flexibility index (Phi) is 8.82. The van der Waals surface area contributed by atoms with Crippen molar-refractivity contribution in [3.05, 3.63) is 34.3 Å². The maximum atomic E-state index is 5.41. The third-order valence-electron chi connectivity index (χ3n) is 5.54. The van der Waals surface area contributed by atoms with Crippen molar-refractivity contribution in [2.45, 2.75) is 45.1 Å². The van der Waals surface area contributed by atoms with Gasteiger partial charge in [-0.25, -0.2) is 4.98 Å². The Balaban J connectivity index is 1.39. The monoisotopic (exact) mass is 445 g/mol. The molecule has 1 aliphatic rings. The molecule has 3 rings (SSSR count). The number of methoxy groups -OCH3 is 2. The van der Waals surface area contributed by atoms with Gasteiger partial charge in [0.1, 0.15) is 11.5 Å². The zero-order valence-electron chi connectivity index (χ0n) is 19.1. The van der Waals surface area contributed by atoms with Gasteiger partial charge in [-0.3, -0.25) is 4.99 Å². The number of hydrogen-bond acceptors (Lipinski definition) is 6. The second-order valence-corrected chi connectivity index (χ2v) is 8.76. The summed E-state index contributed by atoms with van der Waals surface area (Å²) < 4.78 is 10.8. The van der Waals surface area contributed by atoms with E-state index in [1.807, 2.05) is 13.1 Å². The third kappa shape index (κ3) is 7.02. The summed E-state index contributed by atoms with van der Waals surface area (Å²) in [6.07, 6.45) is 5.42. The summed E-state index contributed by atoms with van der Waals surface area (Å²) in [5.74, 6) is 2.54. The Hall–Kier alpha value is -2.48. The minimum Gasteiger partial charge on any atom is -0.497 e. The lowest BCUT2D eigenvalue weighted by Gasteiger charge is -2.34. The maximum absolute atomic E-state index is 5.41. The number of aliphatic imine (C=N–C) groups is 1. The first-order chi connectivity index (χ1) is 15.1. The standard InChI is InChI=1S/C23H35N5O2S/c1-17-16-31-22(26-17)7-5-6-10-25-23(24-2)27-18-8-11-28(12-9-18)19-13-20(29-3)15-21(14-19)30-4/h13-16,18H,5-12H2,1-4H3,(H2,24,25,27). The molecule has 31 heavy (non-hydrogen) atoms. The van der Waals surface area contributed by atoms with Gasteiger partial charge >= 0.3 is 0 Å². The quantitative estimate of drug-likeness (QED) is 0.349. The molecule has 0 aliphatic carbocycles. The SMILES string of the molecule is CN=C(NCCCCc1nc(C)cs1)NC1CCN(c2cc(OC)cc(OC)c2)CC1. The van der Waals surface area contributed by atoms with Crippen LogP contribution in [0.2, 0.25) is 0 Å². The van der Waals surface area contributed by atoms with E-state index in [1.54, 1.807) is 25.6 Å². The number of nitrogens with one attached hydrogen (secondary N) is 2. The van der Waals surface area contributed by atoms with E-state index >= 15 is 0 Å². The minimum absolute atomic E-state index is 0.424. The number of benzene rings is 1. The smallest absolute Gasteiger partial charge is 0.191 e. The number of piperidine rings is 1. The molecule has 0 spiro atoms. The summed E-state index contributed by atoms with van der Waals surface area (Å²) in [6, 6.07) is 6.48. The Bertz CT molecular complexity index is 824. The van der Waals surface area contributed by atoms with E-state index in [9.17, 15) is 0 Å². The van der Waals surface area contributed by atoms with E-state index in [0.717, 1.165) is 80.6 Å². The fourth-order valence-electron chi connectivity index (χ4n) is 3.77. The highest BCUT2D eigenvalue weighted by Gasteiger charge is 2.21. The zero-order chi connectivity index (χ0) is 22.1. The van der Waals surface area contributed by atoms with Crippen molar-refractivity contribution in [1.29, 1.82) is 0 Å². The van der Waals surface area contributed by atoms with Crippen molar-refractivity contribution in [1.82, 2.24) is 15.6 Å². The molecule has 0 amide bonds. The van der Waals surface area contributed by atoms with Gasteiger partial charge in [0.05, 0.1) is 19.2 Å². The molecule has 0 radical (unpaired) electrons. The highest BCUT2D eigenvalue weighted by Crippen LogP contribution is 2.30. The van der Waals surface area contributed by atoms with Crippen LogP contribution in [0.5, 0.6) is 11.5 Å². The number of anilines is 1. The van der Waals surface area contributed by atoms with Crippen molar-refractivity contribution >= 4 is 23.0 Å². The molecule has 170 valence electrons. The molecule has 7 nitrogen and oxygen atoms in total. The van der Waals surface area contributed by atoms with Gasteiger partial charge in [0.25, 0.3) is 0 Å². The number of thiazole rings is 1. The molecule has 1 saturated heterocycles. The molecule has 1 fully saturated rings. The molecule has 0 atom stereocenters. The minimum atomic E-state index is 0.424. The Morgan fingerprint density at radius 2 is 1.87 bits per heavy atom. The number of guanidine groups is 1. The van der Waals surface area contributed by atoms with Crippen molar-refractivity contribution in [3.63, 3.8) is 0 Å². The Morgan fingerprint density at radius 1 is 1.16 bits per heavy atom. The number of rotatable bonds is 9. The molecule has 0 unspecified atom stereocenters. The number of nitrogens with zero attached hydrogens (tertiary/aromatic N) is 3. The highest BCUT2D eigenvalue weighted by atomic mass is 32.1. The van der Waals surface area contributed by atoms with E-state index in [-0.39, 0.29) is 0 Å². The molecule has 1 aromatic carbocycles. The van der Waals surface area contributed by atoms with E-state index in [4.69, 9.17) is 9.47 Å². The summed E-state index contributed by atoms with van der Waals surface area (Å²) in [7, 11) is 5.21. The average Bonchev–Trinajstić information content (AvgIpc) is 3.22. The molecule has 2 aromatic rings. The predicted molar refractivity (Wildman–Crippen MR) is 129 cm³/mol. The first-order valence-electron chi connectivity index (χ1n) is 11.0. The molecular weight excluding hydrogens is 410 g/mol. The summed E-state index contributed by atoms with van der Waals surface area (Å²) in [4.78, 5) is 11.3. The van der Waals surface area contributed by atoms with Gasteiger partial charge in [-0.15, -0.1) is 11.3 Å². The van der Waals surface area contributed by atoms with Crippen LogP contribution in [0, 0.1) is 6.92 Å². The van der Waals surface area contributed by atoms with Crippen LogP contribution < -0.4 is 25.0 Å². The molecule has 1 aliphatic heterocycles. The highest BCUT2D eigenvalue weighted by molar-refractivity contribution is 7.09. The van der Waals surface area contributed by atoms with Crippen LogP contribution in [-0.2, 0) is 6.42 Å². The van der Waals surface area contributed by atoms with Crippen LogP contribution in [0.3, 0.4) is 0 Å². The van der Waals surface area contributed by atoms with Gasteiger partial charge < -0.3 is 25.0 Å². The largest absolute Gasteiger partial charge is 0.497 e. The Labute approximate surface area is 189 Å². The molecule has 2 heterocycles. The molecule has 2 N–H and O–H groups in total. The summed E-state index contributed by atoms with van der Waals surface area (Å²) >= 11 is 1.76. The second-order valence-electron chi connectivity index (χ2n) is 7.82. The van der Waals surface area contributed by atoms with Gasteiger partial charge in [0, 0.05) is 67.7 Å². The van der Waals surface area contributed by atoms with Gasteiger partial charge in [-0.05, 0) is 39.0 Å². The van der Waals surface area contributed by atoms with Crippen LogP contribution in [0.15, 0.2) is 28.6 Å². The van der Waals surface area contributed by atoms with Crippen molar-refractivity contribution in [3.8, 4) is 11.5 Å². The van der Waals surface area contributed by atoms with E-state index < -0.39 is 0 Å². The second kappa shape index (κ2) is 11.8. The van der Waals surface area contributed by atoms with Crippen LogP contribution >= 0.6 is 11.3 Å². The molecule has 0 bridgehead atoms. The zero-order valence-corrected chi connectivity index (χ0v) is 19.9. The summed E-state index contributed by atoms with van der Waals surface area (Å²) in [5.41, 5.74) is 2.27. The third-order valence-corrected chi connectivity index (χ3v) is 6.56. The molecule has 0 saturated carbocycles. The molecule has 1 aromatic heterocycles. The van der Waals surface area contributed by atoms with Crippen LogP contribution in [0.1, 0.15) is 36.4 Å². The van der Waals surface area contributed by atoms with E-state index in [2.05, 4.69) is 49.9 Å². The lowest BCUT2D eigenvalue weighted by molar-refractivity contribution is 0.393.